The van der Waals surface area contributed by atoms with E-state index in [1.165, 1.54) is 0 Å². The zero-order chi connectivity index (χ0) is 3.58. The summed E-state index contributed by atoms with van der Waals surface area (Å²) < 4.78 is 0. The van der Waals surface area contributed by atoms with Crippen LogP contribution in [-0.2, 0) is 22.4 Å². The Labute approximate surface area is 92.3 Å². The van der Waals surface area contributed by atoms with Crippen molar-refractivity contribution >= 4 is 51.4 Å². The van der Waals surface area contributed by atoms with Gasteiger partial charge >= 0.3 is 51.4 Å². The zero-order valence-electron chi connectivity index (χ0n) is 2.01. The van der Waals surface area contributed by atoms with E-state index in [1.54, 1.807) is 0 Å². The quantitative estimate of drug-likeness (QED) is 0.317. The van der Waals surface area contributed by atoms with Crippen molar-refractivity contribution in [1.29, 1.82) is 0 Å². The van der Waals surface area contributed by atoms with Crippen LogP contribution in [0.1, 0.15) is 0 Å². The maximum absolute atomic E-state index is 8.36. The fourth-order valence-electron chi connectivity index (χ4n) is 0. The average Bonchev–Trinajstić information content (AvgIpc) is 0.811. The first kappa shape index (κ1) is 15.6. The van der Waals surface area contributed by atoms with E-state index in [0.29, 0.717) is 0 Å². The van der Waals surface area contributed by atoms with Crippen molar-refractivity contribution in [2.24, 2.45) is 0 Å². The molecule has 6 heteroatoms. The van der Waals surface area contributed by atoms with Crippen molar-refractivity contribution < 1.29 is 32.7 Å². The van der Waals surface area contributed by atoms with Gasteiger partial charge in [0, 0.05) is 22.4 Å². The van der Waals surface area contributed by atoms with E-state index < -0.39 is 5.09 Å². The minimum absolute atomic E-state index is 0. The Bertz CT molecular complexity index is 33.8. The van der Waals surface area contributed by atoms with E-state index in [9.17, 15) is 0 Å². The second kappa shape index (κ2) is 9.76. The van der Waals surface area contributed by atoms with Crippen LogP contribution < -0.4 is 0 Å². The summed E-state index contributed by atoms with van der Waals surface area (Å²) in [6, 6.07) is 0. The third-order valence-electron chi connectivity index (χ3n) is 0. The Hall–Kier alpha value is 1.58. The molecule has 0 heterocycles. The van der Waals surface area contributed by atoms with Crippen LogP contribution in [-0.4, -0.2) is 61.7 Å². The van der Waals surface area contributed by atoms with Gasteiger partial charge in [0.25, 0.3) is 5.09 Å². The van der Waals surface area contributed by atoms with Gasteiger partial charge < -0.3 is 5.21 Å². The van der Waals surface area contributed by atoms with Crippen LogP contribution in [0.15, 0.2) is 0 Å². The fourth-order valence-corrected chi connectivity index (χ4v) is 0. The third kappa shape index (κ3) is 47.0. The van der Waals surface area contributed by atoms with Crippen molar-refractivity contribution in [3.63, 3.8) is 0 Å². The van der Waals surface area contributed by atoms with Gasteiger partial charge in [-0.2, -0.15) is 0 Å². The Kier molecular flexibility index (Phi) is 25.5. The molecule has 0 aromatic carbocycles. The van der Waals surface area contributed by atoms with Crippen LogP contribution in [0.25, 0.3) is 0 Å². The molecule has 0 amide bonds. The topological polar surface area (TPSA) is 63.4 Å². The number of rotatable bonds is 0. The number of nitrogens with zero attached hydrogens (tertiary/aromatic N) is 1. The van der Waals surface area contributed by atoms with Crippen LogP contribution in [0.2, 0.25) is 0 Å². The summed E-state index contributed by atoms with van der Waals surface area (Å²) in [6.07, 6.45) is 0. The molecule has 0 aromatic heterocycles. The minimum atomic E-state index is -1.50. The third-order valence-corrected chi connectivity index (χ3v) is 0. The van der Waals surface area contributed by atoms with Crippen molar-refractivity contribution in [3.05, 3.63) is 10.1 Å². The van der Waals surface area contributed by atoms with Gasteiger partial charge in [0.05, 0.1) is 0 Å². The molecule has 37 valence electrons. The van der Waals surface area contributed by atoms with Gasteiger partial charge in [0.2, 0.25) is 0 Å². The predicted molar refractivity (Wildman–Crippen MR) is 15.9 cm³/mol. The van der Waals surface area contributed by atoms with Crippen molar-refractivity contribution in [3.8, 4) is 0 Å². The second-order valence-corrected chi connectivity index (χ2v) is 0.238. The Morgan fingerprint density at radius 3 is 1.67 bits per heavy atom. The molecule has 1 N–H and O–H groups in total. The summed E-state index contributed by atoms with van der Waals surface area (Å²) >= 11 is 0. The molecule has 0 aliphatic rings. The molecular weight excluding hydrogens is 209 g/mol. The second-order valence-electron chi connectivity index (χ2n) is 0.238. The van der Waals surface area contributed by atoms with Gasteiger partial charge in [-0.1, -0.05) is 0 Å². The van der Waals surface area contributed by atoms with Gasteiger partial charge in [-0.05, 0) is 0 Å². The molecule has 0 saturated heterocycles. The Balaban J connectivity index is -0.0000000450. The predicted octanol–water partition coefficient (Wildman–Crippen LogP) is -0.999. The van der Waals surface area contributed by atoms with Gasteiger partial charge in [-0.25, -0.2) is 0 Å². The molecule has 0 saturated carbocycles. The van der Waals surface area contributed by atoms with E-state index in [-0.39, 0.29) is 73.8 Å². The van der Waals surface area contributed by atoms with Crippen LogP contribution >= 0.6 is 0 Å². The average molecular weight is 211 g/mol. The molecule has 0 aliphatic heterocycles. The molecule has 0 aromatic rings. The molecule has 0 spiro atoms. The molecular formula is H2AgKNO3. The zero-order valence-corrected chi connectivity index (χ0v) is 3.49. The first-order valence-corrected chi connectivity index (χ1v) is 0.565. The van der Waals surface area contributed by atoms with E-state index in [1.807, 2.05) is 0 Å². The van der Waals surface area contributed by atoms with Crippen LogP contribution in [0.3, 0.4) is 0 Å². The summed E-state index contributed by atoms with van der Waals surface area (Å²) in [7, 11) is 0. The number of hydrogen-bond acceptors (Lipinski definition) is 2. The monoisotopic (exact) mass is 210 g/mol. The van der Waals surface area contributed by atoms with Gasteiger partial charge in [-0.15, -0.1) is 10.1 Å². The summed E-state index contributed by atoms with van der Waals surface area (Å²) in [5, 5.41) is 13.6. The van der Waals surface area contributed by atoms with Crippen LogP contribution in [0.4, 0.5) is 0 Å². The maximum atomic E-state index is 8.36. The standard InChI is InChI=1S/Ag.K.HNO3.H/c;;2-1(3)4;/h;;(H,2,3,4);. The SMILES string of the molecule is O=[N+]([O-])O.[Ag].[KH]. The summed E-state index contributed by atoms with van der Waals surface area (Å²) in [5.74, 6) is 0. The van der Waals surface area contributed by atoms with Gasteiger partial charge in [0.1, 0.15) is 0 Å². The van der Waals surface area contributed by atoms with Crippen molar-refractivity contribution in [1.82, 2.24) is 0 Å². The first-order chi connectivity index (χ1) is 1.73. The summed E-state index contributed by atoms with van der Waals surface area (Å²) in [4.78, 5) is 8.36. The normalized spacial score (nSPS) is 4.00. The van der Waals surface area contributed by atoms with E-state index in [4.69, 9.17) is 15.3 Å². The Morgan fingerprint density at radius 1 is 1.67 bits per heavy atom. The molecule has 0 unspecified atom stereocenters. The molecule has 6 heavy (non-hydrogen) atoms. The summed E-state index contributed by atoms with van der Waals surface area (Å²) in [5.41, 5.74) is 0. The molecule has 4 nitrogen and oxygen atoms in total. The number of hydrogen-bond donors (Lipinski definition) is 1. The molecule has 1 radical (unpaired) electrons. The molecule has 0 aliphatic carbocycles. The van der Waals surface area contributed by atoms with Crippen molar-refractivity contribution in [2.45, 2.75) is 0 Å². The van der Waals surface area contributed by atoms with E-state index >= 15 is 0 Å². The molecule has 0 bridgehead atoms. The van der Waals surface area contributed by atoms with E-state index in [2.05, 4.69) is 0 Å². The molecule has 0 atom stereocenters. The van der Waals surface area contributed by atoms with Crippen LogP contribution in [0, 0.1) is 10.1 Å². The molecule has 0 rings (SSSR count). The van der Waals surface area contributed by atoms with Gasteiger partial charge in [-0.3, -0.25) is 0 Å². The van der Waals surface area contributed by atoms with E-state index in [0.717, 1.165) is 0 Å². The Morgan fingerprint density at radius 2 is 1.67 bits per heavy atom. The fraction of sp³-hybridized carbons (Fsp3) is 0. The van der Waals surface area contributed by atoms with Crippen LogP contribution in [0.5, 0.6) is 0 Å². The first-order valence-electron chi connectivity index (χ1n) is 0.565. The van der Waals surface area contributed by atoms with Crippen molar-refractivity contribution in [2.75, 3.05) is 0 Å². The summed E-state index contributed by atoms with van der Waals surface area (Å²) in [6.45, 7) is 0. The van der Waals surface area contributed by atoms with Gasteiger partial charge in [0.15, 0.2) is 0 Å². The molecule has 0 fully saturated rings.